The number of nitrogens with one attached hydrogen (secondary N) is 1. The zero-order valence-electron chi connectivity index (χ0n) is 11.8. The number of hydrogen-bond donors (Lipinski definition) is 1. The Morgan fingerprint density at radius 1 is 1.00 bits per heavy atom. The normalized spacial score (nSPS) is 10.5. The van der Waals surface area contributed by atoms with E-state index >= 15 is 0 Å². The van der Waals surface area contributed by atoms with Gasteiger partial charge >= 0.3 is 0 Å². The van der Waals surface area contributed by atoms with E-state index in [1.165, 1.54) is 4.80 Å². The molecular formula is C15H11Cl2N5O. The molecule has 116 valence electrons. The average Bonchev–Trinajstić information content (AvgIpc) is 2.98. The lowest BCUT2D eigenvalue weighted by atomic mass is 10.2. The molecule has 0 radical (unpaired) electrons. The lowest BCUT2D eigenvalue weighted by Crippen LogP contribution is -2.20. The number of nitrogens with zero attached hydrogens (tertiary/aromatic N) is 4. The van der Waals surface area contributed by atoms with Crippen LogP contribution in [0, 0.1) is 0 Å². The maximum atomic E-state index is 12.0. The zero-order valence-corrected chi connectivity index (χ0v) is 13.3. The number of tetrazole rings is 1. The van der Waals surface area contributed by atoms with Crippen molar-refractivity contribution in [3.63, 3.8) is 0 Å². The van der Waals surface area contributed by atoms with Gasteiger partial charge in [0.15, 0.2) is 0 Å². The fourth-order valence-corrected chi connectivity index (χ4v) is 2.14. The highest BCUT2D eigenvalue weighted by Crippen LogP contribution is 2.17. The molecule has 3 rings (SSSR count). The fourth-order valence-electron chi connectivity index (χ4n) is 1.89. The second kappa shape index (κ2) is 6.76. The van der Waals surface area contributed by atoms with Crippen molar-refractivity contribution in [2.24, 2.45) is 0 Å². The predicted molar refractivity (Wildman–Crippen MR) is 88.3 cm³/mol. The molecule has 6 nitrogen and oxygen atoms in total. The molecule has 23 heavy (non-hydrogen) atoms. The number of aromatic nitrogens is 4. The minimum absolute atomic E-state index is 0.0385. The third-order valence-corrected chi connectivity index (χ3v) is 3.47. The van der Waals surface area contributed by atoms with Crippen LogP contribution in [0.2, 0.25) is 10.0 Å². The van der Waals surface area contributed by atoms with Crippen LogP contribution in [-0.4, -0.2) is 26.1 Å². The van der Waals surface area contributed by atoms with Gasteiger partial charge in [0.1, 0.15) is 6.54 Å². The molecule has 0 spiro atoms. The highest BCUT2D eigenvalue weighted by atomic mass is 35.5. The summed E-state index contributed by atoms with van der Waals surface area (Å²) in [6.45, 7) is -0.0385. The van der Waals surface area contributed by atoms with Gasteiger partial charge < -0.3 is 5.32 Å². The van der Waals surface area contributed by atoms with Crippen LogP contribution in [0.4, 0.5) is 5.69 Å². The number of amides is 1. The van der Waals surface area contributed by atoms with Crippen LogP contribution in [0.1, 0.15) is 0 Å². The summed E-state index contributed by atoms with van der Waals surface area (Å²) in [4.78, 5) is 13.2. The first-order valence-electron chi connectivity index (χ1n) is 6.69. The van der Waals surface area contributed by atoms with E-state index in [2.05, 4.69) is 20.7 Å². The molecule has 0 bridgehead atoms. The molecule has 0 saturated heterocycles. The van der Waals surface area contributed by atoms with Crippen molar-refractivity contribution in [2.75, 3.05) is 5.32 Å². The Morgan fingerprint density at radius 2 is 1.61 bits per heavy atom. The highest BCUT2D eigenvalue weighted by Gasteiger charge is 2.09. The molecule has 8 heteroatoms. The van der Waals surface area contributed by atoms with Crippen molar-refractivity contribution in [3.8, 4) is 11.4 Å². The maximum absolute atomic E-state index is 12.0. The van der Waals surface area contributed by atoms with E-state index in [0.29, 0.717) is 21.6 Å². The quantitative estimate of drug-likeness (QED) is 0.785. The number of carbonyl (C=O) groups is 1. The molecule has 0 unspecified atom stereocenters. The molecule has 0 fully saturated rings. The van der Waals surface area contributed by atoms with E-state index in [0.717, 1.165) is 5.56 Å². The van der Waals surface area contributed by atoms with E-state index in [1.807, 2.05) is 0 Å². The Balaban J connectivity index is 1.65. The summed E-state index contributed by atoms with van der Waals surface area (Å²) in [7, 11) is 0. The minimum Gasteiger partial charge on any atom is -0.324 e. The van der Waals surface area contributed by atoms with Gasteiger partial charge in [-0.05, 0) is 53.7 Å². The number of benzene rings is 2. The first kappa shape index (κ1) is 15.5. The molecule has 1 heterocycles. The topological polar surface area (TPSA) is 72.7 Å². The molecule has 0 saturated carbocycles. The number of carbonyl (C=O) groups excluding carboxylic acids is 1. The van der Waals surface area contributed by atoms with Crippen LogP contribution in [0.25, 0.3) is 11.4 Å². The number of hydrogen-bond acceptors (Lipinski definition) is 4. The SMILES string of the molecule is O=C(Cn1nnc(-c2ccc(Cl)cc2)n1)Nc1ccc(Cl)cc1. The Morgan fingerprint density at radius 3 is 2.26 bits per heavy atom. The number of anilines is 1. The van der Waals surface area contributed by atoms with Crippen molar-refractivity contribution < 1.29 is 4.79 Å². The Labute approximate surface area is 142 Å². The summed E-state index contributed by atoms with van der Waals surface area (Å²) in [5.41, 5.74) is 1.43. The van der Waals surface area contributed by atoms with Crippen molar-refractivity contribution in [1.82, 2.24) is 20.2 Å². The highest BCUT2D eigenvalue weighted by molar-refractivity contribution is 6.30. The standard InChI is InChI=1S/C15H11Cl2N5O/c16-11-3-1-10(2-4-11)15-19-21-22(20-15)9-14(23)18-13-7-5-12(17)6-8-13/h1-8H,9H2,(H,18,23). The Kier molecular flexibility index (Phi) is 4.55. The van der Waals surface area contributed by atoms with Crippen LogP contribution >= 0.6 is 23.2 Å². The van der Waals surface area contributed by atoms with Gasteiger partial charge in [-0.3, -0.25) is 4.79 Å². The van der Waals surface area contributed by atoms with E-state index in [4.69, 9.17) is 23.2 Å². The average molecular weight is 348 g/mol. The van der Waals surface area contributed by atoms with E-state index in [-0.39, 0.29) is 12.5 Å². The summed E-state index contributed by atoms with van der Waals surface area (Å²) in [6, 6.07) is 13.9. The molecule has 1 N–H and O–H groups in total. The van der Waals surface area contributed by atoms with Gasteiger partial charge in [0.2, 0.25) is 11.7 Å². The van der Waals surface area contributed by atoms with E-state index in [9.17, 15) is 4.79 Å². The summed E-state index contributed by atoms with van der Waals surface area (Å²) in [6.07, 6.45) is 0. The van der Waals surface area contributed by atoms with Crippen molar-refractivity contribution in [2.45, 2.75) is 6.54 Å². The Hall–Kier alpha value is -2.44. The lowest BCUT2D eigenvalue weighted by Gasteiger charge is -2.04. The molecule has 3 aromatic rings. The first-order valence-corrected chi connectivity index (χ1v) is 7.45. The van der Waals surface area contributed by atoms with Crippen LogP contribution in [0.5, 0.6) is 0 Å². The molecule has 0 aliphatic carbocycles. The molecule has 0 aliphatic rings. The van der Waals surface area contributed by atoms with Gasteiger partial charge in [-0.25, -0.2) is 0 Å². The van der Waals surface area contributed by atoms with Crippen LogP contribution < -0.4 is 5.32 Å². The Bertz CT molecular complexity index is 815. The molecular weight excluding hydrogens is 337 g/mol. The second-order valence-electron chi connectivity index (χ2n) is 4.71. The van der Waals surface area contributed by atoms with Crippen molar-refractivity contribution in [1.29, 1.82) is 0 Å². The minimum atomic E-state index is -0.257. The predicted octanol–water partition coefficient (Wildman–Crippen LogP) is 3.29. The first-order chi connectivity index (χ1) is 11.1. The molecule has 0 atom stereocenters. The largest absolute Gasteiger partial charge is 0.324 e. The van der Waals surface area contributed by atoms with Crippen LogP contribution in [-0.2, 0) is 11.3 Å². The number of rotatable bonds is 4. The van der Waals surface area contributed by atoms with Crippen molar-refractivity contribution >= 4 is 34.8 Å². The third-order valence-electron chi connectivity index (χ3n) is 2.97. The maximum Gasteiger partial charge on any atom is 0.248 e. The van der Waals surface area contributed by atoms with E-state index < -0.39 is 0 Å². The van der Waals surface area contributed by atoms with E-state index in [1.54, 1.807) is 48.5 Å². The fraction of sp³-hybridized carbons (Fsp3) is 0.0667. The van der Waals surface area contributed by atoms with Gasteiger partial charge in [0.25, 0.3) is 0 Å². The summed E-state index contributed by atoms with van der Waals surface area (Å²) in [5, 5.41) is 15.9. The van der Waals surface area contributed by atoms with Gasteiger partial charge in [0.05, 0.1) is 0 Å². The van der Waals surface area contributed by atoms with Gasteiger partial charge in [0, 0.05) is 21.3 Å². The third kappa shape index (κ3) is 4.06. The monoisotopic (exact) mass is 347 g/mol. The summed E-state index contributed by atoms with van der Waals surface area (Å²) < 4.78 is 0. The zero-order chi connectivity index (χ0) is 16.2. The second-order valence-corrected chi connectivity index (χ2v) is 5.58. The summed E-state index contributed by atoms with van der Waals surface area (Å²) in [5.74, 6) is 0.174. The smallest absolute Gasteiger partial charge is 0.248 e. The lowest BCUT2D eigenvalue weighted by molar-refractivity contribution is -0.117. The molecule has 0 aliphatic heterocycles. The van der Waals surface area contributed by atoms with Crippen molar-refractivity contribution in [3.05, 3.63) is 58.6 Å². The van der Waals surface area contributed by atoms with Crippen LogP contribution in [0.3, 0.4) is 0 Å². The number of halogens is 2. The molecule has 1 amide bonds. The molecule has 1 aromatic heterocycles. The van der Waals surface area contributed by atoms with Gasteiger partial charge in [-0.1, -0.05) is 23.2 Å². The van der Waals surface area contributed by atoms with Gasteiger partial charge in [-0.15, -0.1) is 10.2 Å². The van der Waals surface area contributed by atoms with Crippen LogP contribution in [0.15, 0.2) is 48.5 Å². The van der Waals surface area contributed by atoms with Gasteiger partial charge in [-0.2, -0.15) is 4.80 Å². The summed E-state index contributed by atoms with van der Waals surface area (Å²) >= 11 is 11.6. The molecule has 2 aromatic carbocycles.